The van der Waals surface area contributed by atoms with Crippen LogP contribution in [0.5, 0.6) is 0 Å². The highest BCUT2D eigenvalue weighted by Gasteiger charge is 2.34. The molecule has 8 heteroatoms. The maximum Gasteiger partial charge on any atom is 0.433 e. The lowest BCUT2D eigenvalue weighted by atomic mass is 10.2. The molecule has 24 heavy (non-hydrogen) atoms. The monoisotopic (exact) mass is 356 g/mol. The minimum Gasteiger partial charge on any atom is -0.351 e. The first kappa shape index (κ1) is 16.8. The lowest BCUT2D eigenvalue weighted by molar-refractivity contribution is -0.141. The average molecular weight is 357 g/mol. The van der Waals surface area contributed by atoms with E-state index in [0.29, 0.717) is 10.7 Å². The fourth-order valence-electron chi connectivity index (χ4n) is 2.65. The summed E-state index contributed by atoms with van der Waals surface area (Å²) in [6.07, 6.45) is -0.580. The predicted molar refractivity (Wildman–Crippen MR) is 87.6 cm³/mol. The van der Waals surface area contributed by atoms with Crippen LogP contribution in [0.2, 0.25) is 5.02 Å². The summed E-state index contributed by atoms with van der Waals surface area (Å²) < 4.78 is 39.3. The zero-order chi connectivity index (χ0) is 17.2. The summed E-state index contributed by atoms with van der Waals surface area (Å²) in [4.78, 5) is 7.78. The molecule has 1 aliphatic carbocycles. The SMILES string of the molecule is FC(F)(F)c1cc(Nc2ccc(Cl)cc2)nc(NC2CCCC2)n1. The summed E-state index contributed by atoms with van der Waals surface area (Å²) in [7, 11) is 0. The van der Waals surface area contributed by atoms with Crippen LogP contribution in [0.25, 0.3) is 0 Å². The van der Waals surface area contributed by atoms with Gasteiger partial charge in [0.05, 0.1) is 0 Å². The molecule has 1 aliphatic rings. The Morgan fingerprint density at radius 1 is 1.04 bits per heavy atom. The minimum absolute atomic E-state index is 0.00631. The van der Waals surface area contributed by atoms with Crippen molar-refractivity contribution in [3.63, 3.8) is 0 Å². The summed E-state index contributed by atoms with van der Waals surface area (Å²) in [5.41, 5.74) is -0.382. The highest BCUT2D eigenvalue weighted by molar-refractivity contribution is 6.30. The molecule has 128 valence electrons. The van der Waals surface area contributed by atoms with E-state index in [9.17, 15) is 13.2 Å². The van der Waals surface area contributed by atoms with Crippen LogP contribution in [0.3, 0.4) is 0 Å². The van der Waals surface area contributed by atoms with Gasteiger partial charge in [-0.25, -0.2) is 4.98 Å². The molecular formula is C16H16ClF3N4. The zero-order valence-corrected chi connectivity index (χ0v) is 13.5. The molecule has 1 saturated carbocycles. The van der Waals surface area contributed by atoms with E-state index in [2.05, 4.69) is 20.6 Å². The van der Waals surface area contributed by atoms with Crippen molar-refractivity contribution in [1.29, 1.82) is 0 Å². The van der Waals surface area contributed by atoms with Gasteiger partial charge in [-0.1, -0.05) is 24.4 Å². The first-order chi connectivity index (χ1) is 11.4. The molecule has 2 aromatic rings. The van der Waals surface area contributed by atoms with Gasteiger partial charge in [0.1, 0.15) is 5.82 Å². The molecule has 1 heterocycles. The Hall–Kier alpha value is -2.02. The number of hydrogen-bond donors (Lipinski definition) is 2. The molecule has 0 radical (unpaired) electrons. The van der Waals surface area contributed by atoms with E-state index in [0.717, 1.165) is 31.7 Å². The van der Waals surface area contributed by atoms with Crippen molar-refractivity contribution in [3.8, 4) is 0 Å². The lowest BCUT2D eigenvalue weighted by Crippen LogP contribution is -2.19. The van der Waals surface area contributed by atoms with Gasteiger partial charge >= 0.3 is 6.18 Å². The second-order valence-corrected chi connectivity index (χ2v) is 6.15. The van der Waals surface area contributed by atoms with Gasteiger partial charge in [-0.15, -0.1) is 0 Å². The van der Waals surface area contributed by atoms with Crippen LogP contribution >= 0.6 is 11.6 Å². The van der Waals surface area contributed by atoms with E-state index >= 15 is 0 Å². The van der Waals surface area contributed by atoms with Crippen molar-refractivity contribution in [2.75, 3.05) is 10.6 Å². The number of nitrogens with zero attached hydrogens (tertiary/aromatic N) is 2. The third kappa shape index (κ3) is 4.29. The summed E-state index contributed by atoms with van der Waals surface area (Å²) in [6.45, 7) is 0. The number of anilines is 3. The highest BCUT2D eigenvalue weighted by atomic mass is 35.5. The van der Waals surface area contributed by atoms with Crippen molar-refractivity contribution < 1.29 is 13.2 Å². The van der Waals surface area contributed by atoms with Crippen LogP contribution in [0.15, 0.2) is 30.3 Å². The molecule has 0 spiro atoms. The molecule has 0 atom stereocenters. The van der Waals surface area contributed by atoms with E-state index in [4.69, 9.17) is 11.6 Å². The summed E-state index contributed by atoms with van der Waals surface area (Å²) in [5, 5.41) is 6.41. The van der Waals surface area contributed by atoms with E-state index in [1.54, 1.807) is 24.3 Å². The molecule has 0 bridgehead atoms. The second-order valence-electron chi connectivity index (χ2n) is 5.72. The first-order valence-electron chi connectivity index (χ1n) is 7.65. The molecule has 2 N–H and O–H groups in total. The molecule has 4 nitrogen and oxygen atoms in total. The molecule has 0 amide bonds. The van der Waals surface area contributed by atoms with Crippen molar-refractivity contribution >= 4 is 29.1 Å². The average Bonchev–Trinajstić information content (AvgIpc) is 3.01. The Morgan fingerprint density at radius 3 is 2.33 bits per heavy atom. The Kier molecular flexibility index (Phi) is 4.80. The standard InChI is InChI=1S/C16H16ClF3N4/c17-10-5-7-12(8-6-10)21-14-9-13(16(18,19)20)23-15(24-14)22-11-3-1-2-4-11/h5-9,11H,1-4H2,(H2,21,22,23,24). The van der Waals surface area contributed by atoms with Crippen LogP contribution in [0, 0.1) is 0 Å². The number of rotatable bonds is 4. The highest BCUT2D eigenvalue weighted by Crippen LogP contribution is 2.31. The van der Waals surface area contributed by atoms with Gasteiger partial charge in [-0.05, 0) is 37.1 Å². The Balaban J connectivity index is 1.87. The van der Waals surface area contributed by atoms with Crippen molar-refractivity contribution in [2.45, 2.75) is 37.9 Å². The Bertz CT molecular complexity index is 697. The van der Waals surface area contributed by atoms with Crippen LogP contribution in [0.4, 0.5) is 30.6 Å². The lowest BCUT2D eigenvalue weighted by Gasteiger charge is -2.15. The van der Waals surface area contributed by atoms with E-state index in [-0.39, 0.29) is 17.8 Å². The topological polar surface area (TPSA) is 49.8 Å². The van der Waals surface area contributed by atoms with Gasteiger partial charge in [0.15, 0.2) is 5.69 Å². The normalized spacial score (nSPS) is 15.5. The fraction of sp³-hybridized carbons (Fsp3) is 0.375. The van der Waals surface area contributed by atoms with Gasteiger partial charge in [0.25, 0.3) is 0 Å². The van der Waals surface area contributed by atoms with Gasteiger partial charge in [0.2, 0.25) is 5.95 Å². The fourth-order valence-corrected chi connectivity index (χ4v) is 2.78. The summed E-state index contributed by atoms with van der Waals surface area (Å²) >= 11 is 5.81. The van der Waals surface area contributed by atoms with Crippen LogP contribution in [0.1, 0.15) is 31.4 Å². The minimum atomic E-state index is -4.54. The molecule has 1 aromatic heterocycles. The number of aromatic nitrogens is 2. The van der Waals surface area contributed by atoms with Gasteiger partial charge in [-0.2, -0.15) is 18.2 Å². The first-order valence-corrected chi connectivity index (χ1v) is 8.03. The van der Waals surface area contributed by atoms with Crippen molar-refractivity contribution in [3.05, 3.63) is 41.0 Å². The molecular weight excluding hydrogens is 341 g/mol. The smallest absolute Gasteiger partial charge is 0.351 e. The zero-order valence-electron chi connectivity index (χ0n) is 12.7. The van der Waals surface area contributed by atoms with Gasteiger partial charge in [0, 0.05) is 22.8 Å². The quantitative estimate of drug-likeness (QED) is 0.785. The Labute approximate surface area is 142 Å². The maximum absolute atomic E-state index is 13.1. The third-order valence-corrected chi connectivity index (χ3v) is 4.07. The van der Waals surface area contributed by atoms with E-state index in [1.807, 2.05) is 0 Å². The van der Waals surface area contributed by atoms with E-state index in [1.165, 1.54) is 0 Å². The molecule has 1 fully saturated rings. The predicted octanol–water partition coefficient (Wildman–Crippen LogP) is 5.25. The molecule has 0 aliphatic heterocycles. The summed E-state index contributed by atoms with van der Waals surface area (Å²) in [6, 6.07) is 7.65. The number of nitrogens with one attached hydrogen (secondary N) is 2. The number of alkyl halides is 3. The number of hydrogen-bond acceptors (Lipinski definition) is 4. The number of benzene rings is 1. The Morgan fingerprint density at radius 2 is 1.71 bits per heavy atom. The van der Waals surface area contributed by atoms with E-state index < -0.39 is 11.9 Å². The van der Waals surface area contributed by atoms with Crippen molar-refractivity contribution in [1.82, 2.24) is 9.97 Å². The van der Waals surface area contributed by atoms with Gasteiger partial charge in [-0.3, -0.25) is 0 Å². The number of halogens is 4. The largest absolute Gasteiger partial charge is 0.433 e. The third-order valence-electron chi connectivity index (χ3n) is 3.82. The second kappa shape index (κ2) is 6.84. The maximum atomic E-state index is 13.1. The van der Waals surface area contributed by atoms with Crippen LogP contribution < -0.4 is 10.6 Å². The molecule has 3 rings (SSSR count). The molecule has 0 unspecified atom stereocenters. The van der Waals surface area contributed by atoms with Crippen molar-refractivity contribution in [2.24, 2.45) is 0 Å². The van der Waals surface area contributed by atoms with Crippen LogP contribution in [-0.4, -0.2) is 16.0 Å². The summed E-state index contributed by atoms with van der Waals surface area (Å²) in [5.74, 6) is 0.0772. The van der Waals surface area contributed by atoms with Gasteiger partial charge < -0.3 is 10.6 Å². The molecule has 1 aromatic carbocycles. The van der Waals surface area contributed by atoms with Crippen LogP contribution in [-0.2, 0) is 6.18 Å². The molecule has 0 saturated heterocycles.